The fraction of sp³-hybridized carbons (Fsp3) is 0.353. The summed E-state index contributed by atoms with van der Waals surface area (Å²) in [5, 5.41) is 16.7. The van der Waals surface area contributed by atoms with Gasteiger partial charge in [-0.2, -0.15) is 0 Å². The number of likely N-dealkylation sites (N-methyl/N-ethyl adjacent to an activating group) is 1. The second-order valence-corrected chi connectivity index (χ2v) is 12.7. The van der Waals surface area contributed by atoms with Gasteiger partial charge in [0, 0.05) is 48.9 Å². The van der Waals surface area contributed by atoms with Crippen LogP contribution in [0, 0.1) is 10.1 Å². The van der Waals surface area contributed by atoms with Gasteiger partial charge in [-0.05, 0) is 55.9 Å². The number of piperidine rings is 1. The number of nitro groups is 1. The van der Waals surface area contributed by atoms with Crippen LogP contribution in [0.5, 0.6) is 0 Å². The molecule has 1 fully saturated rings. The third-order valence-corrected chi connectivity index (χ3v) is 9.01. The van der Waals surface area contributed by atoms with Crippen LogP contribution in [0.2, 0.25) is 0 Å². The number of hydrogen-bond donors (Lipinski definition) is 2. The van der Waals surface area contributed by atoms with E-state index in [9.17, 15) is 19.7 Å². The topological polar surface area (TPSA) is 140 Å². The molecular weight excluding hydrogens is 606 g/mol. The molecule has 3 N–H and O–H groups in total. The summed E-state index contributed by atoms with van der Waals surface area (Å²) in [6.07, 6.45) is 1.22. The Kier molecular flexibility index (Phi) is 10.8. The van der Waals surface area contributed by atoms with Gasteiger partial charge >= 0.3 is 11.9 Å². The fourth-order valence-electron chi connectivity index (χ4n) is 5.94. The van der Waals surface area contributed by atoms with E-state index >= 15 is 0 Å². The van der Waals surface area contributed by atoms with Crippen molar-refractivity contribution in [3.63, 3.8) is 0 Å². The molecule has 46 heavy (non-hydrogen) atoms. The number of hydrogen-bond acceptors (Lipinski definition) is 11. The Labute approximate surface area is 272 Å². The lowest BCUT2D eigenvalue weighted by atomic mass is 9.81. The van der Waals surface area contributed by atoms with Crippen molar-refractivity contribution in [1.29, 1.82) is 0 Å². The molecule has 2 aromatic carbocycles. The molecular formula is C34H39N5O6S. The van der Waals surface area contributed by atoms with Crippen molar-refractivity contribution >= 4 is 29.0 Å². The Balaban J connectivity index is 1.35. The zero-order valence-corrected chi connectivity index (χ0v) is 26.8. The Hall–Kier alpha value is -4.52. The third-order valence-electron chi connectivity index (χ3n) is 8.14. The van der Waals surface area contributed by atoms with Gasteiger partial charge in [0.25, 0.3) is 5.69 Å². The minimum Gasteiger partial charge on any atom is -0.461 e. The summed E-state index contributed by atoms with van der Waals surface area (Å²) in [7, 11) is 1.93. The highest BCUT2D eigenvalue weighted by molar-refractivity contribution is 7.09. The van der Waals surface area contributed by atoms with Crippen LogP contribution in [0.1, 0.15) is 41.7 Å². The van der Waals surface area contributed by atoms with Crippen LogP contribution < -0.4 is 11.1 Å². The Morgan fingerprint density at radius 2 is 1.91 bits per heavy atom. The number of nitrogens with one attached hydrogen (secondary N) is 1. The fourth-order valence-corrected chi connectivity index (χ4v) is 6.69. The number of rotatable bonds is 12. The standard InChI is InChI=1S/C34H39N5O6S/c1-23-29(34(41)45-27-13-7-15-38(21-27)22-28-14-8-18-46-28)30(25-11-6-12-26(19-25)39(42)43)31(32(35)36-23)33(40)44-17-16-37(2)20-24-9-4-3-5-10-24/h3-6,8-12,14,18-19,27,30,36H,7,13,15-17,20-22,35H2,1-2H3. The maximum Gasteiger partial charge on any atom is 0.338 e. The molecule has 0 radical (unpaired) electrons. The molecule has 3 heterocycles. The van der Waals surface area contributed by atoms with Crippen LogP contribution in [0.4, 0.5) is 5.69 Å². The summed E-state index contributed by atoms with van der Waals surface area (Å²) in [5.41, 5.74) is 8.28. The summed E-state index contributed by atoms with van der Waals surface area (Å²) in [5.74, 6) is -2.33. The molecule has 12 heteroatoms. The van der Waals surface area contributed by atoms with Crippen molar-refractivity contribution in [2.45, 2.75) is 44.9 Å². The molecule has 0 spiro atoms. The van der Waals surface area contributed by atoms with E-state index in [0.717, 1.165) is 25.1 Å². The van der Waals surface area contributed by atoms with Crippen LogP contribution in [0.3, 0.4) is 0 Å². The quantitative estimate of drug-likeness (QED) is 0.162. The van der Waals surface area contributed by atoms with E-state index in [4.69, 9.17) is 15.2 Å². The third kappa shape index (κ3) is 8.19. The van der Waals surface area contributed by atoms with Crippen molar-refractivity contribution < 1.29 is 24.0 Å². The van der Waals surface area contributed by atoms with Gasteiger partial charge in [-0.1, -0.05) is 48.5 Å². The molecule has 0 amide bonds. The van der Waals surface area contributed by atoms with Gasteiger partial charge in [-0.25, -0.2) is 9.59 Å². The SMILES string of the molecule is CC1=C(C(=O)OC2CCCN(Cc3cccs3)C2)C(c2cccc([N+](=O)[O-])c2)C(C(=O)OCCN(C)Cc2ccccc2)=C(N)N1. The average Bonchev–Trinajstić information content (AvgIpc) is 3.54. The smallest absolute Gasteiger partial charge is 0.338 e. The number of nitrogens with two attached hydrogens (primary N) is 1. The maximum absolute atomic E-state index is 14.0. The van der Waals surface area contributed by atoms with Crippen LogP contribution >= 0.6 is 11.3 Å². The maximum atomic E-state index is 14.0. The molecule has 3 aromatic rings. The molecule has 0 aliphatic carbocycles. The lowest BCUT2D eigenvalue weighted by Crippen LogP contribution is -2.41. The van der Waals surface area contributed by atoms with Crippen LogP contribution in [-0.4, -0.2) is 66.1 Å². The first kappa shape index (κ1) is 32.9. The lowest BCUT2D eigenvalue weighted by molar-refractivity contribution is -0.384. The van der Waals surface area contributed by atoms with E-state index in [-0.39, 0.29) is 35.4 Å². The van der Waals surface area contributed by atoms with Crippen LogP contribution in [-0.2, 0) is 32.2 Å². The average molecular weight is 646 g/mol. The number of ether oxygens (including phenoxy) is 2. The molecule has 1 saturated heterocycles. The Bertz CT molecular complexity index is 1610. The van der Waals surface area contributed by atoms with E-state index < -0.39 is 22.8 Å². The molecule has 5 rings (SSSR count). The Morgan fingerprint density at radius 3 is 2.65 bits per heavy atom. The monoisotopic (exact) mass is 645 g/mol. The van der Waals surface area contributed by atoms with Crippen molar-refractivity contribution in [1.82, 2.24) is 15.1 Å². The van der Waals surface area contributed by atoms with Crippen molar-refractivity contribution in [2.75, 3.05) is 33.3 Å². The van der Waals surface area contributed by atoms with Gasteiger partial charge in [-0.15, -0.1) is 11.3 Å². The zero-order chi connectivity index (χ0) is 32.6. The molecule has 2 aliphatic rings. The van der Waals surface area contributed by atoms with E-state index in [0.29, 0.717) is 37.3 Å². The summed E-state index contributed by atoms with van der Waals surface area (Å²) in [6.45, 7) is 5.14. The molecule has 0 bridgehead atoms. The largest absolute Gasteiger partial charge is 0.461 e. The van der Waals surface area contributed by atoms with Crippen molar-refractivity contribution in [2.24, 2.45) is 5.73 Å². The summed E-state index contributed by atoms with van der Waals surface area (Å²) >= 11 is 1.69. The number of carbonyl (C=O) groups is 2. The van der Waals surface area contributed by atoms with Crippen molar-refractivity contribution in [3.05, 3.63) is 121 Å². The number of nitro benzene ring substituents is 1. The zero-order valence-electron chi connectivity index (χ0n) is 26.0. The van der Waals surface area contributed by atoms with E-state index in [1.54, 1.807) is 24.3 Å². The summed E-state index contributed by atoms with van der Waals surface area (Å²) in [6, 6.07) is 19.9. The number of thiophene rings is 1. The first-order valence-electron chi connectivity index (χ1n) is 15.3. The number of allylic oxidation sites excluding steroid dienone is 1. The molecule has 0 saturated carbocycles. The number of likely N-dealkylation sites (tertiary alicyclic amines) is 1. The number of carbonyl (C=O) groups excluding carboxylic acids is 2. The minimum absolute atomic E-state index is 0.00623. The predicted molar refractivity (Wildman–Crippen MR) is 175 cm³/mol. The van der Waals surface area contributed by atoms with Gasteiger partial charge in [0.1, 0.15) is 18.5 Å². The van der Waals surface area contributed by atoms with Gasteiger partial charge < -0.3 is 20.5 Å². The number of nitrogens with zero attached hydrogens (tertiary/aromatic N) is 3. The summed E-state index contributed by atoms with van der Waals surface area (Å²) < 4.78 is 11.8. The lowest BCUT2D eigenvalue weighted by Gasteiger charge is -2.34. The van der Waals surface area contributed by atoms with Crippen LogP contribution in [0.15, 0.2) is 94.8 Å². The van der Waals surface area contributed by atoms with Gasteiger partial charge in [0.2, 0.25) is 0 Å². The van der Waals surface area contributed by atoms with E-state index in [1.807, 2.05) is 53.7 Å². The van der Waals surface area contributed by atoms with Crippen LogP contribution in [0.25, 0.3) is 0 Å². The molecule has 2 atom stereocenters. The highest BCUT2D eigenvalue weighted by Gasteiger charge is 2.40. The van der Waals surface area contributed by atoms with Gasteiger partial charge in [-0.3, -0.25) is 19.9 Å². The minimum atomic E-state index is -1.03. The predicted octanol–water partition coefficient (Wildman–Crippen LogP) is 4.67. The normalized spacial score (nSPS) is 18.8. The van der Waals surface area contributed by atoms with Gasteiger partial charge in [0.05, 0.1) is 22.0 Å². The molecule has 1 aromatic heterocycles. The second-order valence-electron chi connectivity index (χ2n) is 11.6. The summed E-state index contributed by atoms with van der Waals surface area (Å²) in [4.78, 5) is 44.3. The highest BCUT2D eigenvalue weighted by atomic mass is 32.1. The van der Waals surface area contributed by atoms with Gasteiger partial charge in [0.15, 0.2) is 0 Å². The van der Waals surface area contributed by atoms with E-state index in [1.165, 1.54) is 23.1 Å². The molecule has 242 valence electrons. The first-order valence-corrected chi connectivity index (χ1v) is 16.1. The molecule has 2 unspecified atom stereocenters. The first-order chi connectivity index (χ1) is 22.2. The second kappa shape index (κ2) is 15.2. The highest BCUT2D eigenvalue weighted by Crippen LogP contribution is 2.40. The number of benzene rings is 2. The molecule has 2 aliphatic heterocycles. The Morgan fingerprint density at radius 1 is 1.11 bits per heavy atom. The number of esters is 2. The number of non-ortho nitro benzene ring substituents is 1. The van der Waals surface area contributed by atoms with Crippen molar-refractivity contribution in [3.8, 4) is 0 Å². The molecule has 11 nitrogen and oxygen atoms in total. The number of dihydropyridines is 1. The van der Waals surface area contributed by atoms with E-state index in [2.05, 4.69) is 16.3 Å².